The van der Waals surface area contributed by atoms with E-state index in [0.29, 0.717) is 17.9 Å². The molecule has 0 unspecified atom stereocenters. The van der Waals surface area contributed by atoms with Gasteiger partial charge in [-0.3, -0.25) is 14.7 Å². The molecule has 0 amide bonds. The summed E-state index contributed by atoms with van der Waals surface area (Å²) in [4.78, 5) is 44.5. The number of anilines is 3. The second-order valence-corrected chi connectivity index (χ2v) is 17.3. The van der Waals surface area contributed by atoms with Gasteiger partial charge in [0, 0.05) is 116 Å². The summed E-state index contributed by atoms with van der Waals surface area (Å²) in [6.45, 7) is 29.5. The SMILES string of the molecule is CC(C)(C)c1cc(CN2CCN(CCN3CCN(c4cc(N5CCCC5)nc(N5CCCC5)n4)CC3)CC2)cc(C(C)(C)C)c1O.O=C(O)/C=C/C(=O)O. The van der Waals surface area contributed by atoms with Gasteiger partial charge in [-0.2, -0.15) is 9.97 Å². The molecular formula is C41H64N8O5. The van der Waals surface area contributed by atoms with Crippen LogP contribution < -0.4 is 14.7 Å². The van der Waals surface area contributed by atoms with E-state index in [1.165, 1.54) is 31.2 Å². The molecule has 0 bridgehead atoms. The van der Waals surface area contributed by atoms with Crippen molar-refractivity contribution in [1.82, 2.24) is 24.7 Å². The van der Waals surface area contributed by atoms with Gasteiger partial charge in [0.1, 0.15) is 17.4 Å². The summed E-state index contributed by atoms with van der Waals surface area (Å²) in [5.41, 5.74) is 3.26. The van der Waals surface area contributed by atoms with Crippen molar-refractivity contribution in [1.29, 1.82) is 0 Å². The number of carbonyl (C=O) groups is 2. The zero-order valence-corrected chi connectivity index (χ0v) is 33.6. The first-order chi connectivity index (χ1) is 25.6. The Kier molecular flexibility index (Phi) is 13.8. The van der Waals surface area contributed by atoms with Gasteiger partial charge in [-0.05, 0) is 53.2 Å². The Bertz CT molecular complexity index is 1510. The first-order valence-electron chi connectivity index (χ1n) is 19.9. The fraction of sp³-hybridized carbons (Fsp3) is 0.659. The highest BCUT2D eigenvalue weighted by Gasteiger charge is 2.28. The van der Waals surface area contributed by atoms with Crippen LogP contribution in [0.15, 0.2) is 30.4 Å². The van der Waals surface area contributed by atoms with Crippen LogP contribution in [-0.4, -0.2) is 144 Å². The normalized spacial score (nSPS) is 19.4. The van der Waals surface area contributed by atoms with Gasteiger partial charge >= 0.3 is 11.9 Å². The molecule has 13 heteroatoms. The molecular weight excluding hydrogens is 685 g/mol. The van der Waals surface area contributed by atoms with Crippen molar-refractivity contribution in [2.45, 2.75) is 84.6 Å². The quantitative estimate of drug-likeness (QED) is 0.292. The molecule has 54 heavy (non-hydrogen) atoms. The molecule has 298 valence electrons. The fourth-order valence-electron chi connectivity index (χ4n) is 7.72. The van der Waals surface area contributed by atoms with Crippen LogP contribution in [0.4, 0.5) is 17.6 Å². The van der Waals surface area contributed by atoms with Crippen LogP contribution in [0.3, 0.4) is 0 Å². The third-order valence-electron chi connectivity index (χ3n) is 11.0. The highest BCUT2D eigenvalue weighted by Crippen LogP contribution is 2.40. The Balaban J connectivity index is 0.000000631. The molecule has 13 nitrogen and oxygen atoms in total. The van der Waals surface area contributed by atoms with Crippen LogP contribution in [0.25, 0.3) is 0 Å². The molecule has 1 aromatic heterocycles. The van der Waals surface area contributed by atoms with E-state index in [1.54, 1.807) is 0 Å². The lowest BCUT2D eigenvalue weighted by Crippen LogP contribution is -2.51. The van der Waals surface area contributed by atoms with E-state index < -0.39 is 11.9 Å². The molecule has 4 aliphatic heterocycles. The molecule has 6 rings (SSSR count). The highest BCUT2D eigenvalue weighted by molar-refractivity contribution is 5.89. The number of hydrogen-bond donors (Lipinski definition) is 3. The maximum absolute atomic E-state index is 11.1. The summed E-state index contributed by atoms with van der Waals surface area (Å²) < 4.78 is 0. The van der Waals surface area contributed by atoms with Crippen LogP contribution in [0.2, 0.25) is 0 Å². The van der Waals surface area contributed by atoms with Gasteiger partial charge in [-0.15, -0.1) is 0 Å². The van der Waals surface area contributed by atoms with Crippen molar-refractivity contribution < 1.29 is 24.9 Å². The number of benzene rings is 1. The van der Waals surface area contributed by atoms with Crippen LogP contribution in [0.1, 0.15) is 83.9 Å². The molecule has 0 saturated carbocycles. The largest absolute Gasteiger partial charge is 0.507 e. The molecule has 3 N–H and O–H groups in total. The maximum atomic E-state index is 11.1. The van der Waals surface area contributed by atoms with Crippen LogP contribution >= 0.6 is 0 Å². The van der Waals surface area contributed by atoms with E-state index >= 15 is 0 Å². The molecule has 4 saturated heterocycles. The number of rotatable bonds is 10. The summed E-state index contributed by atoms with van der Waals surface area (Å²) >= 11 is 0. The van der Waals surface area contributed by atoms with Crippen molar-refractivity contribution in [3.63, 3.8) is 0 Å². The lowest BCUT2D eigenvalue weighted by Gasteiger charge is -2.39. The zero-order chi connectivity index (χ0) is 39.0. The molecule has 1 aromatic carbocycles. The number of phenols is 1. The van der Waals surface area contributed by atoms with Crippen molar-refractivity contribution in [3.05, 3.63) is 47.0 Å². The number of carboxylic acids is 2. The molecule has 4 aliphatic rings. The van der Waals surface area contributed by atoms with Crippen molar-refractivity contribution in [2.24, 2.45) is 0 Å². The Labute approximate surface area is 322 Å². The topological polar surface area (TPSA) is 140 Å². The maximum Gasteiger partial charge on any atom is 0.328 e. The number of aromatic nitrogens is 2. The van der Waals surface area contributed by atoms with Gasteiger partial charge in [-0.25, -0.2) is 9.59 Å². The van der Waals surface area contributed by atoms with Crippen molar-refractivity contribution >= 4 is 29.5 Å². The van der Waals surface area contributed by atoms with Crippen LogP contribution in [0, 0.1) is 0 Å². The standard InChI is InChI=1S/C37H60N8O.C4H4O4/c1-36(2,3)30-25-29(26-31(34(30)46)37(4,5)6)28-42-19-17-40(18-20-42)15-16-41-21-23-44(24-22-41)33-27-32(43-11-7-8-12-43)38-35(39-33)45-13-9-10-14-45;5-3(6)1-2-4(7)8/h25-27,46H,7-24,28H2,1-6H3;1-2H,(H,5,6)(H,7,8)/b;2-1+. The minimum absolute atomic E-state index is 0.0911. The van der Waals surface area contributed by atoms with Crippen LogP contribution in [0.5, 0.6) is 5.75 Å². The smallest absolute Gasteiger partial charge is 0.328 e. The minimum atomic E-state index is -1.26. The van der Waals surface area contributed by atoms with Crippen molar-refractivity contribution in [2.75, 3.05) is 106 Å². The number of hydrogen-bond acceptors (Lipinski definition) is 11. The summed E-state index contributed by atoms with van der Waals surface area (Å²) in [6, 6.07) is 6.75. The fourth-order valence-corrected chi connectivity index (χ4v) is 7.72. The van der Waals surface area contributed by atoms with Crippen LogP contribution in [-0.2, 0) is 27.0 Å². The average molecular weight is 749 g/mol. The Morgan fingerprint density at radius 2 is 0.981 bits per heavy atom. The number of aromatic hydroxyl groups is 1. The Morgan fingerprint density at radius 3 is 1.41 bits per heavy atom. The van der Waals surface area contributed by atoms with E-state index in [4.69, 9.17) is 20.2 Å². The highest BCUT2D eigenvalue weighted by atomic mass is 16.4. The predicted molar refractivity (Wildman–Crippen MR) is 215 cm³/mol. The average Bonchev–Trinajstić information content (AvgIpc) is 3.87. The zero-order valence-electron chi connectivity index (χ0n) is 33.6. The Hall–Kier alpha value is -3.94. The van der Waals surface area contributed by atoms with Gasteiger partial charge in [0.15, 0.2) is 0 Å². The number of aliphatic carboxylic acids is 2. The summed E-state index contributed by atoms with van der Waals surface area (Å²) in [6.07, 6.45) is 6.14. The van der Waals surface area contributed by atoms with Gasteiger partial charge in [0.25, 0.3) is 0 Å². The monoisotopic (exact) mass is 748 g/mol. The van der Waals surface area contributed by atoms with Gasteiger partial charge in [0.05, 0.1) is 0 Å². The number of piperazine rings is 2. The second kappa shape index (κ2) is 18.1. The van der Waals surface area contributed by atoms with E-state index in [2.05, 4.69) is 89.1 Å². The lowest BCUT2D eigenvalue weighted by molar-refractivity contribution is -0.134. The van der Waals surface area contributed by atoms with Gasteiger partial charge in [-0.1, -0.05) is 53.7 Å². The third kappa shape index (κ3) is 11.5. The molecule has 5 heterocycles. The second-order valence-electron chi connectivity index (χ2n) is 17.3. The summed E-state index contributed by atoms with van der Waals surface area (Å²) in [5, 5.41) is 26.8. The van der Waals surface area contributed by atoms with E-state index in [1.807, 2.05) is 0 Å². The van der Waals surface area contributed by atoms with E-state index in [-0.39, 0.29) is 10.8 Å². The first kappa shape index (κ1) is 41.2. The van der Waals surface area contributed by atoms with Gasteiger partial charge in [0.2, 0.25) is 5.95 Å². The summed E-state index contributed by atoms with van der Waals surface area (Å²) in [7, 11) is 0. The summed E-state index contributed by atoms with van der Waals surface area (Å²) in [5.74, 6) is 1.14. The molecule has 0 aliphatic carbocycles. The molecule has 0 spiro atoms. The number of nitrogens with zero attached hydrogens (tertiary/aromatic N) is 8. The first-order valence-corrected chi connectivity index (χ1v) is 19.9. The number of phenolic OH excluding ortho intramolecular Hbond substituents is 1. The Morgan fingerprint density at radius 1 is 0.593 bits per heavy atom. The molecule has 0 atom stereocenters. The van der Waals surface area contributed by atoms with Crippen molar-refractivity contribution in [3.8, 4) is 5.75 Å². The molecule has 0 radical (unpaired) electrons. The van der Waals surface area contributed by atoms with E-state index in [9.17, 15) is 14.7 Å². The molecule has 4 fully saturated rings. The number of carboxylic acid groups (broad SMARTS) is 2. The lowest BCUT2D eigenvalue weighted by atomic mass is 9.78. The molecule has 2 aromatic rings. The van der Waals surface area contributed by atoms with Gasteiger partial charge < -0.3 is 30.0 Å². The predicted octanol–water partition coefficient (Wildman–Crippen LogP) is 4.63. The van der Waals surface area contributed by atoms with E-state index in [0.717, 1.165) is 127 Å². The minimum Gasteiger partial charge on any atom is -0.507 e. The third-order valence-corrected chi connectivity index (χ3v) is 11.0.